The molecule has 0 saturated carbocycles. The first-order valence-electron chi connectivity index (χ1n) is 5.87. The van der Waals surface area contributed by atoms with Gasteiger partial charge in [0.05, 0.1) is 4.92 Å². The van der Waals surface area contributed by atoms with Crippen molar-refractivity contribution in [3.8, 4) is 5.75 Å². The Morgan fingerprint density at radius 2 is 1.71 bits per heavy atom. The number of amidine groups is 1. The van der Waals surface area contributed by atoms with Crippen LogP contribution in [0.25, 0.3) is 0 Å². The van der Waals surface area contributed by atoms with Gasteiger partial charge in [-0.3, -0.25) is 15.5 Å². The van der Waals surface area contributed by atoms with Gasteiger partial charge in [0.2, 0.25) is 0 Å². The summed E-state index contributed by atoms with van der Waals surface area (Å²) in [6, 6.07) is 13.0. The lowest BCUT2D eigenvalue weighted by Crippen LogP contribution is -2.10. The molecule has 0 aliphatic rings. The molecule has 0 radical (unpaired) electrons. The van der Waals surface area contributed by atoms with Gasteiger partial charge < -0.3 is 10.5 Å². The van der Waals surface area contributed by atoms with Crippen LogP contribution in [0.3, 0.4) is 0 Å². The maximum Gasteiger partial charge on any atom is 0.269 e. The number of halogens is 1. The first-order chi connectivity index (χ1) is 9.56. The predicted molar refractivity (Wildman–Crippen MR) is 82.1 cm³/mol. The van der Waals surface area contributed by atoms with Crippen LogP contribution in [0.15, 0.2) is 48.5 Å². The van der Waals surface area contributed by atoms with Crippen LogP contribution in [0.5, 0.6) is 5.75 Å². The van der Waals surface area contributed by atoms with E-state index in [9.17, 15) is 10.1 Å². The third-order valence-corrected chi connectivity index (χ3v) is 2.72. The average molecular weight is 308 g/mol. The van der Waals surface area contributed by atoms with Crippen LogP contribution >= 0.6 is 12.4 Å². The molecule has 0 aliphatic carbocycles. The van der Waals surface area contributed by atoms with E-state index in [4.69, 9.17) is 15.9 Å². The van der Waals surface area contributed by atoms with Crippen molar-refractivity contribution >= 4 is 23.9 Å². The fourth-order valence-electron chi connectivity index (χ4n) is 1.61. The van der Waals surface area contributed by atoms with Crippen molar-refractivity contribution in [2.24, 2.45) is 5.73 Å². The number of hydrogen-bond acceptors (Lipinski definition) is 4. The van der Waals surface area contributed by atoms with E-state index in [1.165, 1.54) is 12.1 Å². The van der Waals surface area contributed by atoms with Crippen molar-refractivity contribution in [3.63, 3.8) is 0 Å². The normalized spacial score (nSPS) is 9.52. The summed E-state index contributed by atoms with van der Waals surface area (Å²) in [5, 5.41) is 17.8. The number of benzene rings is 2. The molecule has 0 fully saturated rings. The van der Waals surface area contributed by atoms with Crippen molar-refractivity contribution in [2.45, 2.75) is 6.61 Å². The molecule has 0 saturated heterocycles. The van der Waals surface area contributed by atoms with Crippen molar-refractivity contribution in [1.82, 2.24) is 0 Å². The molecule has 0 unspecified atom stereocenters. The van der Waals surface area contributed by atoms with E-state index in [0.717, 1.165) is 5.56 Å². The largest absolute Gasteiger partial charge is 0.489 e. The van der Waals surface area contributed by atoms with Crippen molar-refractivity contribution in [2.75, 3.05) is 0 Å². The van der Waals surface area contributed by atoms with Gasteiger partial charge in [0.1, 0.15) is 18.2 Å². The Morgan fingerprint density at radius 3 is 2.19 bits per heavy atom. The maximum absolute atomic E-state index is 10.5. The zero-order chi connectivity index (χ0) is 14.5. The average Bonchev–Trinajstić information content (AvgIpc) is 2.46. The zero-order valence-electron chi connectivity index (χ0n) is 11.0. The van der Waals surface area contributed by atoms with Crippen LogP contribution in [-0.4, -0.2) is 10.8 Å². The summed E-state index contributed by atoms with van der Waals surface area (Å²) in [6.45, 7) is 0.317. The van der Waals surface area contributed by atoms with Crippen molar-refractivity contribution in [3.05, 3.63) is 69.8 Å². The lowest BCUT2D eigenvalue weighted by molar-refractivity contribution is -0.384. The Hall–Kier alpha value is -2.60. The van der Waals surface area contributed by atoms with E-state index < -0.39 is 4.92 Å². The van der Waals surface area contributed by atoms with Crippen LogP contribution in [-0.2, 0) is 6.61 Å². The highest BCUT2D eigenvalue weighted by Gasteiger charge is 2.04. The number of ether oxygens (including phenoxy) is 1. The van der Waals surface area contributed by atoms with Gasteiger partial charge in [-0.2, -0.15) is 0 Å². The molecule has 0 spiro atoms. The van der Waals surface area contributed by atoms with E-state index in [2.05, 4.69) is 0 Å². The summed E-state index contributed by atoms with van der Waals surface area (Å²) >= 11 is 0. The summed E-state index contributed by atoms with van der Waals surface area (Å²) in [6.07, 6.45) is 0. The van der Waals surface area contributed by atoms with E-state index in [1.807, 2.05) is 0 Å². The lowest BCUT2D eigenvalue weighted by Gasteiger charge is -2.07. The molecule has 7 heteroatoms. The molecule has 0 atom stereocenters. The monoisotopic (exact) mass is 307 g/mol. The molecule has 6 nitrogen and oxygen atoms in total. The highest BCUT2D eigenvalue weighted by atomic mass is 35.5. The fraction of sp³-hybridized carbons (Fsp3) is 0.0714. The highest BCUT2D eigenvalue weighted by Crippen LogP contribution is 2.16. The SMILES string of the molecule is Cl.N=C(N)c1ccc(OCc2ccc([N+](=O)[O-])cc2)cc1. The van der Waals surface area contributed by atoms with Gasteiger partial charge in [0.15, 0.2) is 0 Å². The number of nitrogens with one attached hydrogen (secondary N) is 1. The molecule has 0 amide bonds. The van der Waals surface area contributed by atoms with Gasteiger partial charge in [0.25, 0.3) is 5.69 Å². The van der Waals surface area contributed by atoms with E-state index in [-0.39, 0.29) is 23.9 Å². The number of nitrogen functional groups attached to an aromatic ring is 1. The second-order valence-electron chi connectivity index (χ2n) is 4.15. The third-order valence-electron chi connectivity index (χ3n) is 2.72. The van der Waals surface area contributed by atoms with Gasteiger partial charge >= 0.3 is 0 Å². The number of non-ortho nitro benzene ring substituents is 1. The summed E-state index contributed by atoms with van der Waals surface area (Å²) in [7, 11) is 0. The fourth-order valence-corrected chi connectivity index (χ4v) is 1.61. The topological polar surface area (TPSA) is 102 Å². The zero-order valence-corrected chi connectivity index (χ0v) is 11.8. The Balaban J connectivity index is 0.00000220. The van der Waals surface area contributed by atoms with Crippen LogP contribution < -0.4 is 10.5 Å². The summed E-state index contributed by atoms with van der Waals surface area (Å²) in [5.74, 6) is 0.653. The molecule has 0 aromatic heterocycles. The van der Waals surface area contributed by atoms with Crippen LogP contribution in [0.2, 0.25) is 0 Å². The molecule has 21 heavy (non-hydrogen) atoms. The van der Waals surface area contributed by atoms with E-state index in [0.29, 0.717) is 17.9 Å². The Morgan fingerprint density at radius 1 is 1.14 bits per heavy atom. The molecule has 3 N–H and O–H groups in total. The molecule has 0 bridgehead atoms. The minimum Gasteiger partial charge on any atom is -0.489 e. The van der Waals surface area contributed by atoms with E-state index >= 15 is 0 Å². The molecule has 2 aromatic rings. The molecular weight excluding hydrogens is 294 g/mol. The quantitative estimate of drug-likeness (QED) is 0.383. The summed E-state index contributed by atoms with van der Waals surface area (Å²) < 4.78 is 5.55. The van der Waals surface area contributed by atoms with Crippen molar-refractivity contribution < 1.29 is 9.66 Å². The molecular formula is C14H14ClN3O3. The standard InChI is InChI=1S/C14H13N3O3.ClH/c15-14(16)11-3-7-13(8-4-11)20-9-10-1-5-12(6-2-10)17(18)19;/h1-8H,9H2,(H3,15,16);1H. The smallest absolute Gasteiger partial charge is 0.269 e. The van der Waals surface area contributed by atoms with Crippen molar-refractivity contribution in [1.29, 1.82) is 5.41 Å². The second-order valence-corrected chi connectivity index (χ2v) is 4.15. The van der Waals surface area contributed by atoms with Crippen LogP contribution in [0, 0.1) is 15.5 Å². The van der Waals surface area contributed by atoms with Gasteiger partial charge in [-0.05, 0) is 42.0 Å². The molecule has 0 aliphatic heterocycles. The van der Waals surface area contributed by atoms with Crippen LogP contribution in [0.4, 0.5) is 5.69 Å². The Bertz CT molecular complexity index is 569. The molecule has 0 heterocycles. The van der Waals surface area contributed by atoms with E-state index in [1.54, 1.807) is 36.4 Å². The van der Waals surface area contributed by atoms with Gasteiger partial charge in [-0.1, -0.05) is 0 Å². The Labute approximate surface area is 127 Å². The summed E-state index contributed by atoms with van der Waals surface area (Å²) in [4.78, 5) is 10.1. The second kappa shape index (κ2) is 7.25. The number of nitrogens with zero attached hydrogens (tertiary/aromatic N) is 1. The number of nitro groups is 1. The Kier molecular flexibility index (Phi) is 5.68. The molecule has 110 valence electrons. The van der Waals surface area contributed by atoms with Crippen LogP contribution in [0.1, 0.15) is 11.1 Å². The molecule has 2 rings (SSSR count). The number of hydrogen-bond donors (Lipinski definition) is 2. The van der Waals surface area contributed by atoms with Gasteiger partial charge in [-0.25, -0.2) is 0 Å². The lowest BCUT2D eigenvalue weighted by atomic mass is 10.2. The number of rotatable bonds is 5. The molecule has 2 aromatic carbocycles. The number of nitrogens with two attached hydrogens (primary N) is 1. The first-order valence-corrected chi connectivity index (χ1v) is 5.87. The third kappa shape index (κ3) is 4.47. The van der Waals surface area contributed by atoms with Gasteiger partial charge in [0, 0.05) is 17.7 Å². The summed E-state index contributed by atoms with van der Waals surface area (Å²) in [5.41, 5.74) is 6.88. The highest BCUT2D eigenvalue weighted by molar-refractivity contribution is 5.94. The first kappa shape index (κ1) is 16.5. The predicted octanol–water partition coefficient (Wildman–Crippen LogP) is 2.88. The van der Waals surface area contributed by atoms with Gasteiger partial charge in [-0.15, -0.1) is 12.4 Å². The number of nitro benzene ring substituents is 1. The maximum atomic E-state index is 10.5. The minimum absolute atomic E-state index is 0. The minimum atomic E-state index is -0.439.